The molecule has 0 unspecified atom stereocenters. The number of primary sulfonamides is 1. The molecule has 6 N–H and O–H groups in total. The van der Waals surface area contributed by atoms with Crippen LogP contribution in [-0.2, 0) is 19.9 Å². The van der Waals surface area contributed by atoms with Crippen LogP contribution in [0.5, 0.6) is 0 Å². The Morgan fingerprint density at radius 2 is 1.84 bits per heavy atom. The first-order valence-corrected chi connectivity index (χ1v) is 10.6. The fraction of sp³-hybridized carbons (Fsp3) is 0.417. The minimum Gasteiger partial charge on any atom is -0.368 e. The maximum atomic E-state index is 12.1. The fourth-order valence-electron chi connectivity index (χ4n) is 2.63. The van der Waals surface area contributed by atoms with E-state index in [9.17, 15) is 16.8 Å². The summed E-state index contributed by atoms with van der Waals surface area (Å²) in [7, 11) is -8.40. The summed E-state index contributed by atoms with van der Waals surface area (Å²) in [6, 6.07) is 2.61. The SMILES string of the molecule is CS(=O)(=O)c1ccc(N2CCNCC2)c(C(=N)N=NN)c1S(N)(=O)=O. The van der Waals surface area contributed by atoms with Gasteiger partial charge in [0.05, 0.1) is 10.5 Å². The zero-order valence-corrected chi connectivity index (χ0v) is 15.1. The number of anilines is 1. The van der Waals surface area contributed by atoms with Crippen molar-refractivity contribution >= 4 is 31.4 Å². The maximum absolute atomic E-state index is 12.1. The van der Waals surface area contributed by atoms with Gasteiger partial charge >= 0.3 is 0 Å². The van der Waals surface area contributed by atoms with E-state index in [2.05, 4.69) is 15.7 Å². The smallest absolute Gasteiger partial charge is 0.240 e. The molecule has 13 heteroatoms. The molecule has 1 aliphatic heterocycles. The molecule has 0 aliphatic carbocycles. The molecule has 1 heterocycles. The number of rotatable bonds is 4. The van der Waals surface area contributed by atoms with E-state index in [1.54, 1.807) is 0 Å². The topological polar surface area (TPSA) is 184 Å². The second-order valence-electron chi connectivity index (χ2n) is 5.41. The molecule has 0 saturated carbocycles. The zero-order chi connectivity index (χ0) is 18.8. The van der Waals surface area contributed by atoms with Crippen molar-refractivity contribution in [2.24, 2.45) is 21.3 Å². The number of amidine groups is 1. The van der Waals surface area contributed by atoms with Crippen molar-refractivity contribution in [1.82, 2.24) is 5.32 Å². The Kier molecular flexibility index (Phi) is 5.41. The van der Waals surface area contributed by atoms with E-state index < -0.39 is 35.5 Å². The lowest BCUT2D eigenvalue weighted by atomic mass is 10.1. The van der Waals surface area contributed by atoms with E-state index in [1.807, 2.05) is 4.90 Å². The van der Waals surface area contributed by atoms with Crippen molar-refractivity contribution in [1.29, 1.82) is 5.41 Å². The Bertz CT molecular complexity index is 919. The summed E-state index contributed by atoms with van der Waals surface area (Å²) in [6.07, 6.45) is 0.860. The summed E-state index contributed by atoms with van der Waals surface area (Å²) >= 11 is 0. The summed E-state index contributed by atoms with van der Waals surface area (Å²) in [5, 5.41) is 22.8. The van der Waals surface area contributed by atoms with Crippen LogP contribution in [0.25, 0.3) is 0 Å². The van der Waals surface area contributed by atoms with Gasteiger partial charge in [-0.1, -0.05) is 5.22 Å². The van der Waals surface area contributed by atoms with Crippen molar-refractivity contribution in [3.63, 3.8) is 0 Å². The Morgan fingerprint density at radius 1 is 1.24 bits per heavy atom. The van der Waals surface area contributed by atoms with Gasteiger partial charge in [0, 0.05) is 38.1 Å². The molecule has 0 aromatic heterocycles. The van der Waals surface area contributed by atoms with Gasteiger partial charge in [-0.2, -0.15) is 0 Å². The van der Waals surface area contributed by atoms with E-state index in [-0.39, 0.29) is 5.56 Å². The standard InChI is InChI=1S/C12H19N7O4S2/c1-24(20,21)9-3-2-8(19-6-4-16-5-7-19)10(12(13)17-18-14)11(9)25(15,22)23/h2-3,16H,4-7H2,1H3,(H3,13,14,17)(H2,15,22,23). The van der Waals surface area contributed by atoms with Crippen LogP contribution >= 0.6 is 0 Å². The van der Waals surface area contributed by atoms with Crippen LogP contribution in [0.1, 0.15) is 5.56 Å². The number of hydrogen-bond acceptors (Lipinski definition) is 8. The van der Waals surface area contributed by atoms with Gasteiger partial charge < -0.3 is 16.1 Å². The molecule has 1 aliphatic rings. The average Bonchev–Trinajstić information content (AvgIpc) is 2.53. The third-order valence-electron chi connectivity index (χ3n) is 3.64. The fourth-order valence-corrected chi connectivity index (χ4v) is 5.02. The number of piperazine rings is 1. The number of nitrogens with two attached hydrogens (primary N) is 2. The van der Waals surface area contributed by atoms with Gasteiger partial charge in [-0.3, -0.25) is 5.41 Å². The minimum absolute atomic E-state index is 0.235. The van der Waals surface area contributed by atoms with Crippen LogP contribution in [0.15, 0.2) is 32.3 Å². The highest BCUT2D eigenvalue weighted by Gasteiger charge is 2.31. The molecular formula is C12H19N7O4S2. The maximum Gasteiger partial charge on any atom is 0.240 e. The van der Waals surface area contributed by atoms with Gasteiger partial charge in [-0.05, 0) is 12.1 Å². The lowest BCUT2D eigenvalue weighted by Crippen LogP contribution is -2.44. The summed E-state index contributed by atoms with van der Waals surface area (Å²) in [6.45, 7) is 2.35. The number of hydrogen-bond donors (Lipinski definition) is 4. The summed E-state index contributed by atoms with van der Waals surface area (Å²) in [5.74, 6) is 4.38. The molecule has 25 heavy (non-hydrogen) atoms. The summed E-state index contributed by atoms with van der Waals surface area (Å²) in [5.41, 5.74) is 0.0943. The molecule has 0 amide bonds. The van der Waals surface area contributed by atoms with Gasteiger partial charge in [0.1, 0.15) is 4.90 Å². The number of sulfonamides is 1. The molecule has 2 rings (SSSR count). The summed E-state index contributed by atoms with van der Waals surface area (Å²) in [4.78, 5) is 0.636. The molecule has 1 fully saturated rings. The van der Waals surface area contributed by atoms with Gasteiger partial charge in [-0.15, -0.1) is 5.11 Å². The quantitative estimate of drug-likeness (QED) is 0.164. The molecule has 0 spiro atoms. The molecule has 0 bridgehead atoms. The third kappa shape index (κ3) is 4.12. The highest BCUT2D eigenvalue weighted by atomic mass is 32.2. The molecule has 1 aromatic rings. The van der Waals surface area contributed by atoms with Gasteiger partial charge in [0.2, 0.25) is 10.0 Å². The number of sulfone groups is 1. The first-order valence-electron chi connectivity index (χ1n) is 7.12. The lowest BCUT2D eigenvalue weighted by molar-refractivity contribution is 0.581. The van der Waals surface area contributed by atoms with E-state index in [4.69, 9.17) is 16.4 Å². The van der Waals surface area contributed by atoms with Crippen molar-refractivity contribution in [3.05, 3.63) is 17.7 Å². The average molecular weight is 389 g/mol. The largest absolute Gasteiger partial charge is 0.368 e. The van der Waals surface area contributed by atoms with Crippen molar-refractivity contribution < 1.29 is 16.8 Å². The van der Waals surface area contributed by atoms with Crippen molar-refractivity contribution in [3.8, 4) is 0 Å². The second kappa shape index (κ2) is 7.03. The highest BCUT2D eigenvalue weighted by molar-refractivity contribution is 7.93. The molecular weight excluding hydrogens is 370 g/mol. The van der Waals surface area contributed by atoms with Gasteiger partial charge in [0.15, 0.2) is 15.7 Å². The Morgan fingerprint density at radius 3 is 2.32 bits per heavy atom. The van der Waals surface area contributed by atoms with E-state index in [0.29, 0.717) is 31.9 Å². The Labute approximate surface area is 145 Å². The van der Waals surface area contributed by atoms with Crippen LogP contribution in [-0.4, -0.2) is 55.1 Å². The molecule has 11 nitrogen and oxygen atoms in total. The van der Waals surface area contributed by atoms with E-state index in [1.165, 1.54) is 12.1 Å². The Hall–Kier alpha value is -2.09. The number of benzene rings is 1. The molecule has 1 aromatic carbocycles. The minimum atomic E-state index is -4.48. The normalized spacial score (nSPS) is 16.3. The molecule has 138 valence electrons. The first kappa shape index (κ1) is 19.2. The second-order valence-corrected chi connectivity index (χ2v) is 8.89. The van der Waals surface area contributed by atoms with Crippen LogP contribution in [0.4, 0.5) is 5.69 Å². The molecule has 0 atom stereocenters. The molecule has 0 radical (unpaired) electrons. The summed E-state index contributed by atoms with van der Waals surface area (Å²) < 4.78 is 48.4. The van der Waals surface area contributed by atoms with Crippen LogP contribution in [0, 0.1) is 5.41 Å². The van der Waals surface area contributed by atoms with Crippen LogP contribution in [0.2, 0.25) is 0 Å². The monoisotopic (exact) mass is 389 g/mol. The van der Waals surface area contributed by atoms with Crippen LogP contribution < -0.4 is 21.2 Å². The van der Waals surface area contributed by atoms with Crippen LogP contribution in [0.3, 0.4) is 0 Å². The predicted octanol–water partition coefficient (Wildman–Crippen LogP) is -1.20. The number of nitrogens with one attached hydrogen (secondary N) is 2. The van der Waals surface area contributed by atoms with Gasteiger partial charge in [-0.25, -0.2) is 22.0 Å². The first-order chi connectivity index (χ1) is 11.6. The number of nitrogens with zero attached hydrogens (tertiary/aromatic N) is 3. The molecule has 1 saturated heterocycles. The lowest BCUT2D eigenvalue weighted by Gasteiger charge is -2.31. The van der Waals surface area contributed by atoms with Gasteiger partial charge in [0.25, 0.3) is 0 Å². The van der Waals surface area contributed by atoms with E-state index in [0.717, 1.165) is 6.26 Å². The zero-order valence-electron chi connectivity index (χ0n) is 13.4. The predicted molar refractivity (Wildman–Crippen MR) is 91.9 cm³/mol. The van der Waals surface area contributed by atoms with E-state index >= 15 is 0 Å². The third-order valence-corrected chi connectivity index (χ3v) is 5.90. The Balaban J connectivity index is 2.89. The highest BCUT2D eigenvalue weighted by Crippen LogP contribution is 2.33. The van der Waals surface area contributed by atoms with Crippen molar-refractivity contribution in [2.45, 2.75) is 9.79 Å². The van der Waals surface area contributed by atoms with Crippen molar-refractivity contribution in [2.75, 3.05) is 37.3 Å².